The monoisotopic (exact) mass is 400 g/mol. The Labute approximate surface area is 169 Å². The molecule has 2 aliphatic rings. The number of hydrogen-bond donors (Lipinski definition) is 1. The van der Waals surface area contributed by atoms with Crippen molar-refractivity contribution < 1.29 is 14.1 Å². The molecule has 1 aliphatic carbocycles. The lowest BCUT2D eigenvalue weighted by Crippen LogP contribution is -2.40. The molecule has 29 heavy (non-hydrogen) atoms. The Morgan fingerprint density at radius 3 is 2.83 bits per heavy atom. The quantitative estimate of drug-likeness (QED) is 0.816. The van der Waals surface area contributed by atoms with Gasteiger partial charge in [-0.3, -0.25) is 14.3 Å². The molecular formula is C20H28N6O3. The fourth-order valence-corrected chi connectivity index (χ4v) is 4.77. The van der Waals surface area contributed by atoms with Gasteiger partial charge in [-0.05, 0) is 32.6 Å². The molecule has 1 aliphatic heterocycles. The minimum atomic E-state index is -0.405. The fourth-order valence-electron chi connectivity index (χ4n) is 4.77. The van der Waals surface area contributed by atoms with E-state index in [4.69, 9.17) is 4.52 Å². The zero-order chi connectivity index (χ0) is 20.8. The molecule has 4 rings (SSSR count). The Balaban J connectivity index is 1.54. The van der Waals surface area contributed by atoms with Crippen molar-refractivity contribution >= 4 is 11.8 Å². The molecule has 0 bridgehead atoms. The largest absolute Gasteiger partial charge is 0.349 e. The van der Waals surface area contributed by atoms with Crippen molar-refractivity contribution in [3.8, 4) is 0 Å². The van der Waals surface area contributed by atoms with Gasteiger partial charge >= 0.3 is 0 Å². The highest BCUT2D eigenvalue weighted by molar-refractivity contribution is 5.93. The van der Waals surface area contributed by atoms with Crippen LogP contribution in [0.4, 0.5) is 0 Å². The van der Waals surface area contributed by atoms with E-state index in [1.165, 1.54) is 0 Å². The standard InChI is InChI=1S/C20H28N6O3/c1-5-26-9-14(8-21-26)17(27)23-16-6-15-10-25(18(28)12(2)3)11-20(15,7-16)19-22-13(4)24-29-19/h8-9,12,15-16H,5-7,10-11H2,1-4H3,(H,23,27). The molecular weight excluding hydrogens is 372 g/mol. The lowest BCUT2D eigenvalue weighted by atomic mass is 9.80. The van der Waals surface area contributed by atoms with E-state index in [0.717, 1.165) is 13.0 Å². The van der Waals surface area contributed by atoms with Crippen LogP contribution in [0.1, 0.15) is 55.7 Å². The van der Waals surface area contributed by atoms with Gasteiger partial charge in [-0.15, -0.1) is 0 Å². The minimum Gasteiger partial charge on any atom is -0.349 e. The van der Waals surface area contributed by atoms with Gasteiger partial charge in [-0.1, -0.05) is 19.0 Å². The molecule has 9 nitrogen and oxygen atoms in total. The summed E-state index contributed by atoms with van der Waals surface area (Å²) in [5, 5.41) is 11.3. The zero-order valence-electron chi connectivity index (χ0n) is 17.4. The van der Waals surface area contributed by atoms with Gasteiger partial charge in [-0.2, -0.15) is 10.1 Å². The molecule has 1 saturated heterocycles. The van der Waals surface area contributed by atoms with Crippen molar-refractivity contribution in [1.82, 2.24) is 30.1 Å². The van der Waals surface area contributed by atoms with Crippen molar-refractivity contribution in [3.63, 3.8) is 0 Å². The highest BCUT2D eigenvalue weighted by Gasteiger charge is 2.58. The summed E-state index contributed by atoms with van der Waals surface area (Å²) >= 11 is 0. The normalized spacial score (nSPS) is 26.2. The Morgan fingerprint density at radius 2 is 2.21 bits per heavy atom. The number of nitrogens with zero attached hydrogens (tertiary/aromatic N) is 5. The summed E-state index contributed by atoms with van der Waals surface area (Å²) in [6.07, 6.45) is 4.80. The predicted octanol–water partition coefficient (Wildman–Crippen LogP) is 1.54. The van der Waals surface area contributed by atoms with Gasteiger partial charge < -0.3 is 14.7 Å². The summed E-state index contributed by atoms with van der Waals surface area (Å²) in [5.41, 5.74) is 0.153. The van der Waals surface area contributed by atoms with E-state index in [0.29, 0.717) is 36.8 Å². The number of fused-ring (bicyclic) bond motifs is 1. The van der Waals surface area contributed by atoms with Gasteiger partial charge in [0.15, 0.2) is 5.82 Å². The summed E-state index contributed by atoms with van der Waals surface area (Å²) in [7, 11) is 0. The van der Waals surface area contributed by atoms with Crippen LogP contribution in [0.5, 0.6) is 0 Å². The first-order chi connectivity index (χ1) is 13.8. The van der Waals surface area contributed by atoms with Crippen molar-refractivity contribution in [1.29, 1.82) is 0 Å². The average molecular weight is 400 g/mol. The number of rotatable bonds is 5. The first kappa shape index (κ1) is 19.6. The molecule has 0 spiro atoms. The van der Waals surface area contributed by atoms with E-state index in [-0.39, 0.29) is 29.7 Å². The molecule has 1 N–H and O–H groups in total. The molecule has 3 heterocycles. The molecule has 0 radical (unpaired) electrons. The van der Waals surface area contributed by atoms with Crippen molar-refractivity contribution in [3.05, 3.63) is 29.7 Å². The molecule has 9 heteroatoms. The van der Waals surface area contributed by atoms with Crippen molar-refractivity contribution in [2.45, 2.75) is 58.5 Å². The second-order valence-corrected chi connectivity index (χ2v) is 8.57. The maximum absolute atomic E-state index is 12.7. The van der Waals surface area contributed by atoms with Gasteiger partial charge in [-0.25, -0.2) is 0 Å². The van der Waals surface area contributed by atoms with Crippen LogP contribution >= 0.6 is 0 Å². The minimum absolute atomic E-state index is 0.0130. The van der Waals surface area contributed by atoms with Crippen LogP contribution < -0.4 is 5.32 Å². The van der Waals surface area contributed by atoms with Gasteiger partial charge in [0.05, 0.1) is 17.2 Å². The van der Waals surface area contributed by atoms with Crippen LogP contribution in [0.2, 0.25) is 0 Å². The van der Waals surface area contributed by atoms with E-state index in [1.807, 2.05) is 25.7 Å². The molecule has 2 fully saturated rings. The Kier molecular flexibility index (Phi) is 4.92. The number of nitrogens with one attached hydrogen (secondary N) is 1. The summed E-state index contributed by atoms with van der Waals surface area (Å²) < 4.78 is 7.30. The van der Waals surface area contributed by atoms with Gasteiger partial charge in [0, 0.05) is 37.8 Å². The van der Waals surface area contributed by atoms with E-state index < -0.39 is 5.41 Å². The summed E-state index contributed by atoms with van der Waals surface area (Å²) in [6.45, 7) is 9.53. The smallest absolute Gasteiger partial charge is 0.254 e. The average Bonchev–Trinajstić information content (AvgIpc) is 3.42. The first-order valence-electron chi connectivity index (χ1n) is 10.2. The van der Waals surface area contributed by atoms with Crippen LogP contribution in [0.15, 0.2) is 16.9 Å². The third-order valence-electron chi connectivity index (χ3n) is 6.19. The van der Waals surface area contributed by atoms with E-state index >= 15 is 0 Å². The lowest BCUT2D eigenvalue weighted by molar-refractivity contribution is -0.133. The molecule has 3 atom stereocenters. The van der Waals surface area contributed by atoms with Gasteiger partial charge in [0.1, 0.15) is 0 Å². The summed E-state index contributed by atoms with van der Waals surface area (Å²) in [6, 6.07) is -0.0130. The second kappa shape index (κ2) is 7.27. The highest BCUT2D eigenvalue weighted by atomic mass is 16.5. The zero-order valence-corrected chi connectivity index (χ0v) is 17.4. The number of aromatic nitrogens is 4. The van der Waals surface area contributed by atoms with Crippen LogP contribution in [0, 0.1) is 18.8 Å². The van der Waals surface area contributed by atoms with E-state index in [2.05, 4.69) is 20.6 Å². The molecule has 1 saturated carbocycles. The number of amides is 2. The third kappa shape index (κ3) is 3.42. The second-order valence-electron chi connectivity index (χ2n) is 8.57. The van der Waals surface area contributed by atoms with Crippen LogP contribution in [-0.4, -0.2) is 55.8 Å². The lowest BCUT2D eigenvalue weighted by Gasteiger charge is -2.26. The number of carbonyl (C=O) groups is 2. The molecule has 2 aromatic rings. The highest BCUT2D eigenvalue weighted by Crippen LogP contribution is 2.50. The number of likely N-dealkylation sites (tertiary alicyclic amines) is 1. The Morgan fingerprint density at radius 1 is 1.41 bits per heavy atom. The van der Waals surface area contributed by atoms with Gasteiger partial charge in [0.2, 0.25) is 11.8 Å². The SMILES string of the molecule is CCn1cc(C(=O)NC2CC3CN(C(=O)C(C)C)CC3(c3nc(C)no3)C2)cn1. The summed E-state index contributed by atoms with van der Waals surface area (Å²) in [4.78, 5) is 31.7. The Hall–Kier alpha value is -2.71. The maximum Gasteiger partial charge on any atom is 0.254 e. The van der Waals surface area contributed by atoms with E-state index in [9.17, 15) is 9.59 Å². The molecule has 2 amide bonds. The molecule has 156 valence electrons. The van der Waals surface area contributed by atoms with Crippen LogP contribution in [-0.2, 0) is 16.8 Å². The Bertz CT molecular complexity index is 919. The first-order valence-corrected chi connectivity index (χ1v) is 10.2. The predicted molar refractivity (Wildman–Crippen MR) is 104 cm³/mol. The molecule has 2 aromatic heterocycles. The molecule has 0 aromatic carbocycles. The fraction of sp³-hybridized carbons (Fsp3) is 0.650. The maximum atomic E-state index is 12.7. The number of aryl methyl sites for hydroxylation is 2. The van der Waals surface area contributed by atoms with Crippen molar-refractivity contribution in [2.24, 2.45) is 11.8 Å². The number of carbonyl (C=O) groups excluding carboxylic acids is 2. The van der Waals surface area contributed by atoms with E-state index in [1.54, 1.807) is 24.0 Å². The third-order valence-corrected chi connectivity index (χ3v) is 6.19. The molecule has 3 unspecified atom stereocenters. The number of hydrogen-bond acceptors (Lipinski definition) is 6. The van der Waals surface area contributed by atoms with Crippen LogP contribution in [0.25, 0.3) is 0 Å². The summed E-state index contributed by atoms with van der Waals surface area (Å²) in [5.74, 6) is 1.30. The van der Waals surface area contributed by atoms with Crippen molar-refractivity contribution in [2.75, 3.05) is 13.1 Å². The van der Waals surface area contributed by atoms with Gasteiger partial charge in [0.25, 0.3) is 5.91 Å². The van der Waals surface area contributed by atoms with Crippen LogP contribution in [0.3, 0.4) is 0 Å². The topological polar surface area (TPSA) is 106 Å².